The Kier molecular flexibility index (Phi) is 5.66. The fraction of sp³-hybridized carbons (Fsp3) is 0. The topological polar surface area (TPSA) is 83.6 Å². The third-order valence-electron chi connectivity index (χ3n) is 5.10. The number of rotatable bonds is 5. The van der Waals surface area contributed by atoms with E-state index in [9.17, 15) is 4.79 Å². The van der Waals surface area contributed by atoms with Crippen molar-refractivity contribution in [2.45, 2.75) is 0 Å². The molecule has 0 aliphatic rings. The predicted molar refractivity (Wildman–Crippen MR) is 130 cm³/mol. The molecule has 0 saturated carbocycles. The molecule has 0 saturated heterocycles. The number of carbonyl (C=O) groups excluding carboxylic acids is 1. The number of pyridine rings is 2. The number of hydrogen-bond donors (Lipinski definition) is 2. The first-order valence-electron chi connectivity index (χ1n) is 10.2. The molecule has 0 atom stereocenters. The Balaban J connectivity index is 1.38. The van der Waals surface area contributed by atoms with Crippen LogP contribution in [0, 0.1) is 0 Å². The summed E-state index contributed by atoms with van der Waals surface area (Å²) >= 11 is 5.90. The van der Waals surface area contributed by atoms with Crippen molar-refractivity contribution in [1.29, 1.82) is 0 Å². The van der Waals surface area contributed by atoms with E-state index in [2.05, 4.69) is 25.3 Å². The first kappa shape index (κ1) is 20.6. The Bertz CT molecular complexity index is 1410. The number of amides is 1. The SMILES string of the molecule is O=C(Nc1cncc(-c2ccnc(-c3ncc(-c4ccccc4)[nH]3)c2)c1)c1ccc(Cl)cc1. The van der Waals surface area contributed by atoms with Crippen LogP contribution in [0.1, 0.15) is 10.4 Å². The van der Waals surface area contributed by atoms with Crippen LogP contribution in [0.3, 0.4) is 0 Å². The molecule has 1 amide bonds. The van der Waals surface area contributed by atoms with E-state index in [1.54, 1.807) is 49.1 Å². The van der Waals surface area contributed by atoms with E-state index in [1.807, 2.05) is 48.5 Å². The summed E-state index contributed by atoms with van der Waals surface area (Å²) in [6.45, 7) is 0. The second-order valence-corrected chi connectivity index (χ2v) is 7.80. The molecule has 6 nitrogen and oxygen atoms in total. The van der Waals surface area contributed by atoms with Crippen molar-refractivity contribution in [2.75, 3.05) is 5.32 Å². The summed E-state index contributed by atoms with van der Waals surface area (Å²) in [5, 5.41) is 3.46. The highest BCUT2D eigenvalue weighted by molar-refractivity contribution is 6.30. The molecule has 2 aromatic carbocycles. The number of hydrogen-bond acceptors (Lipinski definition) is 4. The summed E-state index contributed by atoms with van der Waals surface area (Å²) in [6.07, 6.45) is 6.88. The van der Waals surface area contributed by atoms with Gasteiger partial charge in [-0.05, 0) is 53.6 Å². The maximum absolute atomic E-state index is 12.5. The fourth-order valence-corrected chi connectivity index (χ4v) is 3.55. The molecule has 0 bridgehead atoms. The number of carbonyl (C=O) groups is 1. The summed E-state index contributed by atoms with van der Waals surface area (Å²) < 4.78 is 0. The third kappa shape index (κ3) is 4.66. The highest BCUT2D eigenvalue weighted by atomic mass is 35.5. The molecular formula is C26H18ClN5O. The van der Waals surface area contributed by atoms with Gasteiger partial charge in [0, 0.05) is 28.5 Å². The summed E-state index contributed by atoms with van der Waals surface area (Å²) in [5.41, 5.74) is 5.56. The van der Waals surface area contributed by atoms with Crippen LogP contribution in [0.2, 0.25) is 5.02 Å². The maximum Gasteiger partial charge on any atom is 0.255 e. The van der Waals surface area contributed by atoms with Gasteiger partial charge in [-0.25, -0.2) is 4.98 Å². The van der Waals surface area contributed by atoms with Crippen molar-refractivity contribution in [3.63, 3.8) is 0 Å². The van der Waals surface area contributed by atoms with Crippen LogP contribution >= 0.6 is 11.6 Å². The van der Waals surface area contributed by atoms with Crippen LogP contribution in [0.5, 0.6) is 0 Å². The van der Waals surface area contributed by atoms with Gasteiger partial charge < -0.3 is 10.3 Å². The molecule has 0 radical (unpaired) electrons. The Morgan fingerprint density at radius 3 is 2.45 bits per heavy atom. The van der Waals surface area contributed by atoms with E-state index in [0.717, 1.165) is 22.4 Å². The lowest BCUT2D eigenvalue weighted by molar-refractivity contribution is 0.102. The monoisotopic (exact) mass is 451 g/mol. The van der Waals surface area contributed by atoms with Crippen molar-refractivity contribution in [2.24, 2.45) is 0 Å². The summed E-state index contributed by atoms with van der Waals surface area (Å²) in [7, 11) is 0. The smallest absolute Gasteiger partial charge is 0.255 e. The Morgan fingerprint density at radius 1 is 0.818 bits per heavy atom. The number of nitrogens with one attached hydrogen (secondary N) is 2. The molecule has 0 spiro atoms. The quantitative estimate of drug-likeness (QED) is 0.338. The molecule has 160 valence electrons. The Hall–Kier alpha value is -4.29. The molecule has 0 fully saturated rings. The number of halogens is 1. The number of anilines is 1. The molecule has 0 unspecified atom stereocenters. The highest BCUT2D eigenvalue weighted by Crippen LogP contribution is 2.26. The van der Waals surface area contributed by atoms with Gasteiger partial charge in [-0.2, -0.15) is 0 Å². The third-order valence-corrected chi connectivity index (χ3v) is 5.35. The average molecular weight is 452 g/mol. The molecular weight excluding hydrogens is 434 g/mol. The first-order valence-corrected chi connectivity index (χ1v) is 10.6. The highest BCUT2D eigenvalue weighted by Gasteiger charge is 2.10. The van der Waals surface area contributed by atoms with Crippen molar-refractivity contribution < 1.29 is 4.79 Å². The van der Waals surface area contributed by atoms with E-state index in [1.165, 1.54) is 0 Å². The number of aromatic amines is 1. The van der Waals surface area contributed by atoms with E-state index in [4.69, 9.17) is 11.6 Å². The standard InChI is InChI=1S/C26H18ClN5O/c27-21-8-6-18(7-9-21)26(33)31-22-12-20(14-28-15-22)19-10-11-29-23(13-19)25-30-16-24(32-25)17-4-2-1-3-5-17/h1-16H,(H,30,32)(H,31,33). The van der Waals surface area contributed by atoms with Gasteiger partial charge in [0.1, 0.15) is 5.69 Å². The lowest BCUT2D eigenvalue weighted by Crippen LogP contribution is -2.11. The van der Waals surface area contributed by atoms with Gasteiger partial charge in [0.15, 0.2) is 5.82 Å². The van der Waals surface area contributed by atoms with Gasteiger partial charge in [-0.3, -0.25) is 14.8 Å². The molecule has 7 heteroatoms. The van der Waals surface area contributed by atoms with Crippen LogP contribution in [0.15, 0.2) is 97.6 Å². The van der Waals surface area contributed by atoms with Crippen LogP contribution in [0.4, 0.5) is 5.69 Å². The zero-order chi connectivity index (χ0) is 22.6. The Labute approximate surface area is 195 Å². The number of imidazole rings is 1. The molecule has 0 aliphatic heterocycles. The molecule has 0 aliphatic carbocycles. The van der Waals surface area contributed by atoms with Gasteiger partial charge in [-0.1, -0.05) is 41.9 Å². The lowest BCUT2D eigenvalue weighted by Gasteiger charge is -2.08. The molecule has 3 heterocycles. The number of H-pyrrole nitrogens is 1. The maximum atomic E-state index is 12.5. The number of aromatic nitrogens is 4. The van der Waals surface area contributed by atoms with E-state index in [0.29, 0.717) is 27.8 Å². The van der Waals surface area contributed by atoms with Crippen molar-refractivity contribution >= 4 is 23.2 Å². The van der Waals surface area contributed by atoms with Crippen molar-refractivity contribution in [1.82, 2.24) is 19.9 Å². The molecule has 33 heavy (non-hydrogen) atoms. The van der Waals surface area contributed by atoms with Crippen LogP contribution in [0.25, 0.3) is 33.9 Å². The van der Waals surface area contributed by atoms with Gasteiger partial charge in [-0.15, -0.1) is 0 Å². The summed E-state index contributed by atoms with van der Waals surface area (Å²) in [4.78, 5) is 29.1. The molecule has 5 rings (SSSR count). The van der Waals surface area contributed by atoms with Gasteiger partial charge in [0.2, 0.25) is 0 Å². The van der Waals surface area contributed by atoms with Gasteiger partial charge in [0.05, 0.1) is 23.8 Å². The zero-order valence-electron chi connectivity index (χ0n) is 17.4. The summed E-state index contributed by atoms with van der Waals surface area (Å²) in [5.74, 6) is 0.445. The largest absolute Gasteiger partial charge is 0.337 e. The van der Waals surface area contributed by atoms with Crippen LogP contribution < -0.4 is 5.32 Å². The van der Waals surface area contributed by atoms with Gasteiger partial charge in [0.25, 0.3) is 5.91 Å². The average Bonchev–Trinajstić information content (AvgIpc) is 3.36. The molecule has 2 N–H and O–H groups in total. The van der Waals surface area contributed by atoms with Crippen molar-refractivity contribution in [3.05, 3.63) is 108 Å². The normalized spacial score (nSPS) is 10.7. The lowest BCUT2D eigenvalue weighted by atomic mass is 10.1. The predicted octanol–water partition coefficient (Wildman–Crippen LogP) is 6.11. The second-order valence-electron chi connectivity index (χ2n) is 7.36. The Morgan fingerprint density at radius 2 is 1.64 bits per heavy atom. The minimum absolute atomic E-state index is 0.231. The van der Waals surface area contributed by atoms with E-state index in [-0.39, 0.29) is 5.91 Å². The van der Waals surface area contributed by atoms with Gasteiger partial charge >= 0.3 is 0 Å². The van der Waals surface area contributed by atoms with Crippen LogP contribution in [-0.2, 0) is 0 Å². The molecule has 5 aromatic rings. The van der Waals surface area contributed by atoms with Crippen LogP contribution in [-0.4, -0.2) is 25.8 Å². The fourth-order valence-electron chi connectivity index (χ4n) is 3.43. The minimum atomic E-state index is -0.231. The molecule has 3 aromatic heterocycles. The minimum Gasteiger partial charge on any atom is -0.337 e. The zero-order valence-corrected chi connectivity index (χ0v) is 18.1. The second kappa shape index (κ2) is 9.06. The summed E-state index contributed by atoms with van der Waals surface area (Å²) in [6, 6.07) is 22.4. The van der Waals surface area contributed by atoms with Crippen molar-refractivity contribution in [3.8, 4) is 33.9 Å². The number of nitrogens with zero attached hydrogens (tertiary/aromatic N) is 3. The number of benzene rings is 2. The van der Waals surface area contributed by atoms with E-state index < -0.39 is 0 Å². The first-order chi connectivity index (χ1) is 16.2. The van der Waals surface area contributed by atoms with E-state index >= 15 is 0 Å².